The van der Waals surface area contributed by atoms with Crippen molar-refractivity contribution in [3.63, 3.8) is 0 Å². The van der Waals surface area contributed by atoms with Crippen LogP contribution in [0.1, 0.15) is 10.4 Å². The number of ketones is 1. The fraction of sp³-hybridized carbons (Fsp3) is 0.222. The number of hydrogen-bond acceptors (Lipinski definition) is 2. The van der Waals surface area contributed by atoms with Crippen molar-refractivity contribution in [1.29, 1.82) is 0 Å². The number of ether oxygens (including phenoxy) is 1. The highest BCUT2D eigenvalue weighted by Crippen LogP contribution is 2.31. The third-order valence-electron chi connectivity index (χ3n) is 1.63. The third kappa shape index (κ3) is 2.52. The first-order valence-corrected chi connectivity index (χ1v) is 5.71. The van der Waals surface area contributed by atoms with E-state index < -0.39 is 0 Å². The summed E-state index contributed by atoms with van der Waals surface area (Å²) in [5.41, 5.74) is 0.430. The number of alkyl halides is 1. The van der Waals surface area contributed by atoms with Crippen molar-refractivity contribution in [1.82, 2.24) is 0 Å². The summed E-state index contributed by atoms with van der Waals surface area (Å²) >= 11 is 13.5. The van der Waals surface area contributed by atoms with Crippen LogP contribution in [0.5, 0.6) is 5.75 Å². The Labute approximate surface area is 106 Å². The van der Waals surface area contributed by atoms with Crippen molar-refractivity contribution in [2.45, 2.75) is 0 Å². The highest BCUT2D eigenvalue weighted by molar-refractivity contribution is 14.1. The molecule has 0 spiro atoms. The van der Waals surface area contributed by atoms with Crippen molar-refractivity contribution in [2.24, 2.45) is 0 Å². The molecule has 0 N–H and O–H groups in total. The van der Waals surface area contributed by atoms with Crippen molar-refractivity contribution in [2.75, 3.05) is 13.0 Å². The van der Waals surface area contributed by atoms with E-state index in [9.17, 15) is 4.79 Å². The van der Waals surface area contributed by atoms with Gasteiger partial charge in [-0.2, -0.15) is 0 Å². The summed E-state index contributed by atoms with van der Waals surface area (Å²) in [4.78, 5) is 11.4. The minimum absolute atomic E-state index is 0.0766. The van der Waals surface area contributed by atoms with E-state index in [4.69, 9.17) is 27.9 Å². The van der Waals surface area contributed by atoms with E-state index in [-0.39, 0.29) is 11.7 Å². The molecule has 0 saturated heterocycles. The van der Waals surface area contributed by atoms with E-state index in [1.807, 2.05) is 0 Å². The number of Topliss-reactive ketones (excluding diaryl/α,β-unsaturated/α-hetero) is 1. The molecule has 0 heterocycles. The summed E-state index contributed by atoms with van der Waals surface area (Å²) < 4.78 is 5.92. The number of rotatable bonds is 3. The zero-order valence-corrected chi connectivity index (χ0v) is 11.0. The van der Waals surface area contributed by atoms with Crippen molar-refractivity contribution >= 4 is 51.6 Å². The Morgan fingerprint density at radius 2 is 2.21 bits per heavy atom. The fourth-order valence-electron chi connectivity index (χ4n) is 1.05. The summed E-state index contributed by atoms with van der Waals surface area (Å²) in [7, 11) is 1.47. The normalized spacial score (nSPS) is 10.0. The van der Waals surface area contributed by atoms with Gasteiger partial charge in [0, 0.05) is 3.57 Å². The van der Waals surface area contributed by atoms with Gasteiger partial charge in [0.1, 0.15) is 5.75 Å². The second kappa shape index (κ2) is 5.19. The third-order valence-corrected chi connectivity index (χ3v) is 2.78. The SMILES string of the molecule is COc1c(Cl)cc(I)cc1C(=O)CCl. The Hall–Kier alpha value is -0.000000000000000111. The van der Waals surface area contributed by atoms with Crippen LogP contribution < -0.4 is 4.74 Å². The van der Waals surface area contributed by atoms with Crippen LogP contribution in [-0.4, -0.2) is 18.8 Å². The van der Waals surface area contributed by atoms with Crippen LogP contribution in [0.15, 0.2) is 12.1 Å². The lowest BCUT2D eigenvalue weighted by atomic mass is 10.1. The van der Waals surface area contributed by atoms with Gasteiger partial charge in [0.15, 0.2) is 5.78 Å². The van der Waals surface area contributed by atoms with E-state index in [2.05, 4.69) is 22.6 Å². The minimum atomic E-state index is -0.191. The number of benzene rings is 1. The average molecular weight is 345 g/mol. The molecule has 14 heavy (non-hydrogen) atoms. The highest BCUT2D eigenvalue weighted by atomic mass is 127. The largest absolute Gasteiger partial charge is 0.494 e. The molecule has 0 unspecified atom stereocenters. The molecule has 0 bridgehead atoms. The minimum Gasteiger partial charge on any atom is -0.494 e. The first kappa shape index (κ1) is 12.1. The van der Waals surface area contributed by atoms with Gasteiger partial charge in [-0.15, -0.1) is 11.6 Å². The van der Waals surface area contributed by atoms with Crippen LogP contribution in [0.4, 0.5) is 0 Å². The maximum Gasteiger partial charge on any atom is 0.181 e. The first-order chi connectivity index (χ1) is 6.60. The summed E-state index contributed by atoms with van der Waals surface area (Å²) in [6, 6.07) is 3.43. The molecule has 2 nitrogen and oxygen atoms in total. The molecule has 0 saturated carbocycles. The zero-order chi connectivity index (χ0) is 10.7. The van der Waals surface area contributed by atoms with Gasteiger partial charge in [-0.1, -0.05) is 11.6 Å². The summed E-state index contributed by atoms with van der Waals surface area (Å²) in [6.45, 7) is 0. The molecule has 0 aromatic heterocycles. The molecule has 0 aliphatic carbocycles. The maximum atomic E-state index is 11.4. The Bertz CT molecular complexity index is 366. The van der Waals surface area contributed by atoms with Gasteiger partial charge in [0.2, 0.25) is 0 Å². The number of carbonyl (C=O) groups excluding carboxylic acids is 1. The lowest BCUT2D eigenvalue weighted by Gasteiger charge is -2.08. The van der Waals surface area contributed by atoms with Crippen molar-refractivity contribution in [3.05, 3.63) is 26.3 Å². The standard InChI is InChI=1S/C9H7Cl2IO2/c1-14-9-6(8(13)4-10)2-5(12)3-7(9)11/h2-3H,4H2,1H3. The molecule has 1 aromatic rings. The van der Waals surface area contributed by atoms with E-state index >= 15 is 0 Å². The first-order valence-electron chi connectivity index (χ1n) is 3.72. The summed E-state index contributed by atoms with van der Waals surface area (Å²) in [6.07, 6.45) is 0. The second-order valence-electron chi connectivity index (χ2n) is 2.53. The van der Waals surface area contributed by atoms with Crippen LogP contribution in [-0.2, 0) is 0 Å². The van der Waals surface area contributed by atoms with Gasteiger partial charge < -0.3 is 4.74 Å². The van der Waals surface area contributed by atoms with Gasteiger partial charge in [0.25, 0.3) is 0 Å². The van der Waals surface area contributed by atoms with Crippen LogP contribution >= 0.6 is 45.8 Å². The molecule has 0 radical (unpaired) electrons. The van der Waals surface area contributed by atoms with Crippen molar-refractivity contribution < 1.29 is 9.53 Å². The zero-order valence-electron chi connectivity index (χ0n) is 7.31. The Balaban J connectivity index is 3.32. The van der Waals surface area contributed by atoms with E-state index in [0.29, 0.717) is 16.3 Å². The number of methoxy groups -OCH3 is 1. The van der Waals surface area contributed by atoms with Gasteiger partial charge >= 0.3 is 0 Å². The fourth-order valence-corrected chi connectivity index (χ4v) is 2.29. The van der Waals surface area contributed by atoms with Gasteiger partial charge in [-0.3, -0.25) is 4.79 Å². The van der Waals surface area contributed by atoms with Crippen LogP contribution in [0, 0.1) is 3.57 Å². The molecule has 5 heteroatoms. The average Bonchev–Trinajstić information content (AvgIpc) is 2.15. The molecule has 0 atom stereocenters. The van der Waals surface area contributed by atoms with Gasteiger partial charge in [0.05, 0.1) is 23.6 Å². The number of hydrogen-bond donors (Lipinski definition) is 0. The monoisotopic (exact) mass is 344 g/mol. The topological polar surface area (TPSA) is 26.3 Å². The predicted octanol–water partition coefficient (Wildman–Crippen LogP) is 3.37. The molecule has 1 rings (SSSR count). The van der Waals surface area contributed by atoms with E-state index in [1.54, 1.807) is 12.1 Å². The molecule has 0 aliphatic rings. The van der Waals surface area contributed by atoms with Gasteiger partial charge in [-0.05, 0) is 34.7 Å². The Kier molecular flexibility index (Phi) is 4.47. The highest BCUT2D eigenvalue weighted by Gasteiger charge is 2.15. The molecule has 0 fully saturated rings. The summed E-state index contributed by atoms with van der Waals surface area (Å²) in [5.74, 6) is 0.119. The maximum absolute atomic E-state index is 11.4. The summed E-state index contributed by atoms with van der Waals surface area (Å²) in [5, 5.41) is 0.424. The van der Waals surface area contributed by atoms with Crippen LogP contribution in [0.25, 0.3) is 0 Å². The van der Waals surface area contributed by atoms with Crippen LogP contribution in [0.2, 0.25) is 5.02 Å². The molecule has 76 valence electrons. The molecule has 1 aromatic carbocycles. The Morgan fingerprint density at radius 3 is 2.71 bits per heavy atom. The Morgan fingerprint density at radius 1 is 1.57 bits per heavy atom. The molecule has 0 amide bonds. The van der Waals surface area contributed by atoms with Crippen molar-refractivity contribution in [3.8, 4) is 5.75 Å². The number of halogens is 3. The predicted molar refractivity (Wildman–Crippen MR) is 65.8 cm³/mol. The molecular weight excluding hydrogens is 338 g/mol. The van der Waals surface area contributed by atoms with Gasteiger partial charge in [-0.25, -0.2) is 0 Å². The number of carbonyl (C=O) groups is 1. The lowest BCUT2D eigenvalue weighted by molar-refractivity contribution is 0.101. The lowest BCUT2D eigenvalue weighted by Crippen LogP contribution is -2.04. The molecule has 0 aliphatic heterocycles. The van der Waals surface area contributed by atoms with Crippen LogP contribution in [0.3, 0.4) is 0 Å². The van der Waals surface area contributed by atoms with E-state index in [0.717, 1.165) is 3.57 Å². The smallest absolute Gasteiger partial charge is 0.181 e. The quantitative estimate of drug-likeness (QED) is 0.477. The van der Waals surface area contributed by atoms with E-state index in [1.165, 1.54) is 7.11 Å². The molecular formula is C9H7Cl2IO2. The second-order valence-corrected chi connectivity index (χ2v) is 4.45.